The molecule has 0 saturated carbocycles. The molecular formula is C10H4F5NO2. The van der Waals surface area contributed by atoms with Gasteiger partial charge in [-0.05, 0) is 0 Å². The van der Waals surface area contributed by atoms with Gasteiger partial charge >= 0.3 is 0 Å². The molecule has 0 unspecified atom stereocenters. The molecule has 1 aromatic carbocycles. The zero-order valence-corrected chi connectivity index (χ0v) is 8.48. The highest BCUT2D eigenvalue weighted by Crippen LogP contribution is 2.33. The van der Waals surface area contributed by atoms with Gasteiger partial charge < -0.3 is 9.52 Å². The Morgan fingerprint density at radius 1 is 0.944 bits per heavy atom. The standard InChI is InChI=1S/C10H4F5NO2/c11-5-4(10-3(1-17)16-2-18-10)6(12)8(14)9(15)7(5)13/h2,17H,1H2. The first kappa shape index (κ1) is 12.5. The Hall–Kier alpha value is -1.96. The van der Waals surface area contributed by atoms with Crippen molar-refractivity contribution in [3.63, 3.8) is 0 Å². The van der Waals surface area contributed by atoms with Crippen molar-refractivity contribution in [2.45, 2.75) is 6.61 Å². The van der Waals surface area contributed by atoms with E-state index in [1.165, 1.54) is 0 Å². The first-order chi connectivity index (χ1) is 8.49. The first-order valence-corrected chi connectivity index (χ1v) is 4.54. The molecule has 0 aliphatic carbocycles. The van der Waals surface area contributed by atoms with Crippen molar-refractivity contribution in [1.82, 2.24) is 4.98 Å². The highest BCUT2D eigenvalue weighted by atomic mass is 19.2. The molecule has 18 heavy (non-hydrogen) atoms. The number of halogens is 5. The van der Waals surface area contributed by atoms with Crippen LogP contribution in [0.5, 0.6) is 0 Å². The third-order valence-electron chi connectivity index (χ3n) is 2.23. The minimum atomic E-state index is -2.26. The molecule has 0 saturated heterocycles. The SMILES string of the molecule is OCc1ncoc1-c1c(F)c(F)c(F)c(F)c1F. The monoisotopic (exact) mass is 265 g/mol. The first-order valence-electron chi connectivity index (χ1n) is 4.54. The number of aliphatic hydroxyl groups is 1. The lowest BCUT2D eigenvalue weighted by atomic mass is 10.1. The number of oxazole rings is 1. The molecule has 0 aliphatic heterocycles. The van der Waals surface area contributed by atoms with Gasteiger partial charge in [0.2, 0.25) is 5.82 Å². The van der Waals surface area contributed by atoms with Gasteiger partial charge in [-0.1, -0.05) is 0 Å². The van der Waals surface area contributed by atoms with Gasteiger partial charge in [-0.3, -0.25) is 0 Å². The van der Waals surface area contributed by atoms with E-state index in [0.29, 0.717) is 0 Å². The Morgan fingerprint density at radius 2 is 1.44 bits per heavy atom. The zero-order chi connectivity index (χ0) is 13.4. The van der Waals surface area contributed by atoms with Crippen LogP contribution in [0.3, 0.4) is 0 Å². The predicted molar refractivity (Wildman–Crippen MR) is 47.7 cm³/mol. The normalized spacial score (nSPS) is 11.0. The molecule has 0 amide bonds. The van der Waals surface area contributed by atoms with E-state index < -0.39 is 47.0 Å². The molecular weight excluding hydrogens is 261 g/mol. The summed E-state index contributed by atoms with van der Waals surface area (Å²) in [6.07, 6.45) is 0.721. The Bertz CT molecular complexity index is 582. The van der Waals surface area contributed by atoms with Gasteiger partial charge in [0.15, 0.2) is 35.4 Å². The van der Waals surface area contributed by atoms with Crippen molar-refractivity contribution in [2.24, 2.45) is 0 Å². The lowest BCUT2D eigenvalue weighted by molar-refractivity contribution is 0.277. The molecule has 0 atom stereocenters. The van der Waals surface area contributed by atoms with Gasteiger partial charge in [-0.15, -0.1) is 0 Å². The summed E-state index contributed by atoms with van der Waals surface area (Å²) in [7, 11) is 0. The van der Waals surface area contributed by atoms with Crippen molar-refractivity contribution in [2.75, 3.05) is 0 Å². The number of aromatic nitrogens is 1. The minimum Gasteiger partial charge on any atom is -0.443 e. The maximum Gasteiger partial charge on any atom is 0.200 e. The number of hydrogen-bond acceptors (Lipinski definition) is 3. The van der Waals surface area contributed by atoms with Crippen molar-refractivity contribution < 1.29 is 31.5 Å². The van der Waals surface area contributed by atoms with Gasteiger partial charge in [-0.2, -0.15) is 0 Å². The van der Waals surface area contributed by atoms with Crippen LogP contribution in [0.4, 0.5) is 22.0 Å². The van der Waals surface area contributed by atoms with Gasteiger partial charge in [0, 0.05) is 0 Å². The van der Waals surface area contributed by atoms with Crippen molar-refractivity contribution in [3.05, 3.63) is 41.2 Å². The Labute approximate surface area is 96.5 Å². The fourth-order valence-corrected chi connectivity index (χ4v) is 1.39. The van der Waals surface area contributed by atoms with Crippen LogP contribution >= 0.6 is 0 Å². The quantitative estimate of drug-likeness (QED) is 0.515. The molecule has 3 nitrogen and oxygen atoms in total. The summed E-state index contributed by atoms with van der Waals surface area (Å²) < 4.78 is 70.0. The van der Waals surface area contributed by atoms with Crippen molar-refractivity contribution >= 4 is 0 Å². The topological polar surface area (TPSA) is 46.3 Å². The lowest BCUT2D eigenvalue weighted by Gasteiger charge is -2.06. The molecule has 0 spiro atoms. The van der Waals surface area contributed by atoms with Crippen LogP contribution in [0.15, 0.2) is 10.8 Å². The van der Waals surface area contributed by atoms with Crippen LogP contribution in [-0.4, -0.2) is 10.1 Å². The number of benzene rings is 1. The van der Waals surface area contributed by atoms with Crippen molar-refractivity contribution in [1.29, 1.82) is 0 Å². The second-order valence-corrected chi connectivity index (χ2v) is 3.23. The summed E-state index contributed by atoms with van der Waals surface area (Å²) in [6, 6.07) is 0. The van der Waals surface area contributed by atoms with E-state index in [1.807, 2.05) is 0 Å². The van der Waals surface area contributed by atoms with Crippen LogP contribution in [0, 0.1) is 29.1 Å². The molecule has 0 fully saturated rings. The van der Waals surface area contributed by atoms with Crippen LogP contribution in [-0.2, 0) is 6.61 Å². The Balaban J connectivity index is 2.80. The Kier molecular flexibility index (Phi) is 3.04. The maximum absolute atomic E-state index is 13.4. The van der Waals surface area contributed by atoms with E-state index >= 15 is 0 Å². The molecule has 1 heterocycles. The zero-order valence-electron chi connectivity index (χ0n) is 8.48. The van der Waals surface area contributed by atoms with Crippen molar-refractivity contribution in [3.8, 4) is 11.3 Å². The van der Waals surface area contributed by atoms with Crippen LogP contribution < -0.4 is 0 Å². The predicted octanol–water partition coefficient (Wildman–Crippen LogP) is 2.53. The Morgan fingerprint density at radius 3 is 1.94 bits per heavy atom. The molecule has 2 rings (SSSR count). The summed E-state index contributed by atoms with van der Waals surface area (Å²) in [5.41, 5.74) is -1.59. The molecule has 0 bridgehead atoms. The average molecular weight is 265 g/mol. The van der Waals surface area contributed by atoms with E-state index in [0.717, 1.165) is 6.39 Å². The maximum atomic E-state index is 13.4. The van der Waals surface area contributed by atoms with E-state index in [9.17, 15) is 22.0 Å². The molecule has 0 aliphatic rings. The third kappa shape index (κ3) is 1.65. The molecule has 1 N–H and O–H groups in total. The van der Waals surface area contributed by atoms with E-state index in [2.05, 4.69) is 9.40 Å². The second kappa shape index (κ2) is 4.37. The van der Waals surface area contributed by atoms with E-state index in [-0.39, 0.29) is 5.69 Å². The summed E-state index contributed by atoms with van der Waals surface area (Å²) in [6.45, 7) is -0.772. The van der Waals surface area contributed by atoms with Crippen LogP contribution in [0.2, 0.25) is 0 Å². The molecule has 1 aromatic heterocycles. The summed E-state index contributed by atoms with van der Waals surface area (Å²) in [4.78, 5) is 3.39. The molecule has 96 valence electrons. The lowest BCUT2D eigenvalue weighted by Crippen LogP contribution is -2.04. The molecule has 0 radical (unpaired) electrons. The van der Waals surface area contributed by atoms with Gasteiger partial charge in [0.05, 0.1) is 12.2 Å². The van der Waals surface area contributed by atoms with Crippen LogP contribution in [0.1, 0.15) is 5.69 Å². The summed E-state index contributed by atoms with van der Waals surface area (Å²) in [5.74, 6) is -11.2. The smallest absolute Gasteiger partial charge is 0.200 e. The van der Waals surface area contributed by atoms with Crippen LogP contribution in [0.25, 0.3) is 11.3 Å². The highest BCUT2D eigenvalue weighted by Gasteiger charge is 2.29. The molecule has 2 aromatic rings. The van der Waals surface area contributed by atoms with E-state index in [1.54, 1.807) is 0 Å². The van der Waals surface area contributed by atoms with Gasteiger partial charge in [0.25, 0.3) is 0 Å². The third-order valence-corrected chi connectivity index (χ3v) is 2.23. The summed E-state index contributed by atoms with van der Waals surface area (Å²) >= 11 is 0. The molecule has 8 heteroatoms. The average Bonchev–Trinajstić information content (AvgIpc) is 2.82. The number of rotatable bonds is 2. The number of hydrogen-bond donors (Lipinski definition) is 1. The van der Waals surface area contributed by atoms with Gasteiger partial charge in [-0.25, -0.2) is 26.9 Å². The number of aliphatic hydroxyl groups excluding tert-OH is 1. The largest absolute Gasteiger partial charge is 0.443 e. The minimum absolute atomic E-state index is 0.335. The highest BCUT2D eigenvalue weighted by molar-refractivity contribution is 5.61. The van der Waals surface area contributed by atoms with Gasteiger partial charge in [0.1, 0.15) is 5.69 Å². The number of nitrogens with zero attached hydrogens (tertiary/aromatic N) is 1. The second-order valence-electron chi connectivity index (χ2n) is 3.23. The van der Waals surface area contributed by atoms with E-state index in [4.69, 9.17) is 5.11 Å². The fourth-order valence-electron chi connectivity index (χ4n) is 1.39. The summed E-state index contributed by atoms with van der Waals surface area (Å²) in [5, 5.41) is 8.81. The fraction of sp³-hybridized carbons (Fsp3) is 0.100.